The Morgan fingerprint density at radius 2 is 1.67 bits per heavy atom. The Bertz CT molecular complexity index is 407. The van der Waals surface area contributed by atoms with Gasteiger partial charge >= 0.3 is 7.12 Å². The Labute approximate surface area is 115 Å². The Kier molecular flexibility index (Phi) is 3.65. The van der Waals surface area contributed by atoms with Gasteiger partial charge in [-0.3, -0.25) is 0 Å². The molecular weight excluding hydrogens is 243 g/mol. The van der Waals surface area contributed by atoms with Gasteiger partial charge in [0.2, 0.25) is 0 Å². The molecule has 2 nitrogen and oxygen atoms in total. The highest BCUT2D eigenvalue weighted by atomic mass is 32.1. The van der Waals surface area contributed by atoms with Gasteiger partial charge in [0.15, 0.2) is 0 Å². The van der Waals surface area contributed by atoms with Crippen LogP contribution in [0.1, 0.15) is 46.4 Å². The molecule has 0 aromatic carbocycles. The smallest absolute Gasteiger partial charge is 0.399 e. The molecule has 0 bridgehead atoms. The molecule has 4 heteroatoms. The molecule has 18 heavy (non-hydrogen) atoms. The Morgan fingerprint density at radius 1 is 1.11 bits per heavy atom. The molecule has 1 aliphatic rings. The van der Waals surface area contributed by atoms with Gasteiger partial charge in [-0.2, -0.15) is 0 Å². The third-order valence-electron chi connectivity index (χ3n) is 3.78. The van der Waals surface area contributed by atoms with Crippen molar-refractivity contribution in [3.63, 3.8) is 0 Å². The lowest BCUT2D eigenvalue weighted by molar-refractivity contribution is 0.00578. The average molecular weight is 266 g/mol. The van der Waals surface area contributed by atoms with Gasteiger partial charge in [0.25, 0.3) is 0 Å². The van der Waals surface area contributed by atoms with Crippen molar-refractivity contribution in [3.8, 4) is 0 Å². The molecular formula is C14H23BO2S. The largest absolute Gasteiger partial charge is 0.505 e. The van der Waals surface area contributed by atoms with E-state index in [0.717, 1.165) is 6.42 Å². The molecule has 0 spiro atoms. The van der Waals surface area contributed by atoms with Crippen molar-refractivity contribution in [1.82, 2.24) is 0 Å². The van der Waals surface area contributed by atoms with Crippen molar-refractivity contribution in [2.45, 2.75) is 59.2 Å². The molecule has 100 valence electrons. The number of hydrogen-bond donors (Lipinski definition) is 0. The van der Waals surface area contributed by atoms with Crippen LogP contribution in [0, 0.1) is 5.92 Å². The summed E-state index contributed by atoms with van der Waals surface area (Å²) in [6.45, 7) is 12.9. The van der Waals surface area contributed by atoms with Crippen LogP contribution >= 0.6 is 11.3 Å². The highest BCUT2D eigenvalue weighted by Crippen LogP contribution is 2.37. The van der Waals surface area contributed by atoms with E-state index in [1.54, 1.807) is 0 Å². The maximum Gasteiger partial charge on any atom is 0.505 e. The first-order valence-corrected chi connectivity index (χ1v) is 7.47. The molecule has 1 aromatic heterocycles. The molecule has 0 aliphatic carbocycles. The molecule has 0 unspecified atom stereocenters. The SMILES string of the molecule is CC(C)Cc1ccc(B2OC(C)(C)C(C)(C)O2)s1. The van der Waals surface area contributed by atoms with E-state index in [4.69, 9.17) is 9.31 Å². The third kappa shape index (κ3) is 2.66. The number of rotatable bonds is 3. The van der Waals surface area contributed by atoms with E-state index in [-0.39, 0.29) is 18.3 Å². The summed E-state index contributed by atoms with van der Waals surface area (Å²) >= 11 is 1.81. The van der Waals surface area contributed by atoms with Crippen LogP contribution in [0.4, 0.5) is 0 Å². The standard InChI is InChI=1S/C14H23BO2S/c1-10(2)9-11-7-8-12(18-11)15-16-13(3,4)14(5,6)17-15/h7-8,10H,9H2,1-6H3. The van der Waals surface area contributed by atoms with Crippen molar-refractivity contribution >= 4 is 23.2 Å². The van der Waals surface area contributed by atoms with Crippen LogP contribution in [0.5, 0.6) is 0 Å². The molecule has 2 rings (SSSR count). The van der Waals surface area contributed by atoms with Gasteiger partial charge in [0.1, 0.15) is 0 Å². The average Bonchev–Trinajstić information content (AvgIpc) is 2.70. The summed E-state index contributed by atoms with van der Waals surface area (Å²) in [5, 5.41) is 0. The zero-order valence-corrected chi connectivity index (χ0v) is 13.1. The molecule has 0 saturated carbocycles. The van der Waals surface area contributed by atoms with Gasteiger partial charge in [-0.1, -0.05) is 19.9 Å². The van der Waals surface area contributed by atoms with Gasteiger partial charge in [-0.25, -0.2) is 0 Å². The maximum atomic E-state index is 6.06. The quantitative estimate of drug-likeness (QED) is 0.782. The summed E-state index contributed by atoms with van der Waals surface area (Å²) < 4.78 is 13.3. The van der Waals surface area contributed by atoms with E-state index in [1.807, 2.05) is 11.3 Å². The van der Waals surface area contributed by atoms with Crippen LogP contribution in [0.15, 0.2) is 12.1 Å². The summed E-state index contributed by atoms with van der Waals surface area (Å²) in [6, 6.07) is 4.34. The summed E-state index contributed by atoms with van der Waals surface area (Å²) in [6.07, 6.45) is 1.13. The lowest BCUT2D eigenvalue weighted by Gasteiger charge is -2.32. The predicted molar refractivity (Wildman–Crippen MR) is 78.6 cm³/mol. The fraction of sp³-hybridized carbons (Fsp3) is 0.714. The molecule has 0 amide bonds. The fourth-order valence-corrected chi connectivity index (χ4v) is 3.18. The molecule has 1 aliphatic heterocycles. The lowest BCUT2D eigenvalue weighted by Crippen LogP contribution is -2.41. The van der Waals surface area contributed by atoms with Crippen LogP contribution in [-0.4, -0.2) is 18.3 Å². The van der Waals surface area contributed by atoms with Gasteiger partial charge < -0.3 is 9.31 Å². The third-order valence-corrected chi connectivity index (χ3v) is 4.91. The lowest BCUT2D eigenvalue weighted by atomic mass is 9.88. The van der Waals surface area contributed by atoms with E-state index in [1.165, 1.54) is 9.65 Å². The molecule has 1 aromatic rings. The summed E-state index contributed by atoms with van der Waals surface area (Å²) in [7, 11) is -0.207. The normalized spacial score (nSPS) is 21.8. The van der Waals surface area contributed by atoms with Gasteiger partial charge in [-0.15, -0.1) is 11.3 Å². The van der Waals surface area contributed by atoms with Crippen LogP contribution in [0.25, 0.3) is 0 Å². The zero-order chi connectivity index (χ0) is 13.6. The van der Waals surface area contributed by atoms with Gasteiger partial charge in [0.05, 0.1) is 11.2 Å². The maximum absolute atomic E-state index is 6.06. The second kappa shape index (κ2) is 4.66. The van der Waals surface area contributed by atoms with Gasteiger partial charge in [-0.05, 0) is 46.1 Å². The molecule has 1 fully saturated rings. The minimum absolute atomic E-state index is 0.207. The monoisotopic (exact) mass is 266 g/mol. The number of hydrogen-bond acceptors (Lipinski definition) is 3. The predicted octanol–water partition coefficient (Wildman–Crippen LogP) is 3.25. The minimum atomic E-state index is -0.250. The first kappa shape index (κ1) is 14.1. The highest BCUT2D eigenvalue weighted by molar-refractivity contribution is 7.22. The van der Waals surface area contributed by atoms with E-state index in [0.29, 0.717) is 5.92 Å². The molecule has 2 heterocycles. The molecule has 1 saturated heterocycles. The molecule has 0 atom stereocenters. The topological polar surface area (TPSA) is 18.5 Å². The van der Waals surface area contributed by atoms with Crippen LogP contribution < -0.4 is 4.78 Å². The van der Waals surface area contributed by atoms with Crippen molar-refractivity contribution in [1.29, 1.82) is 0 Å². The van der Waals surface area contributed by atoms with E-state index >= 15 is 0 Å². The Balaban J connectivity index is 2.12. The van der Waals surface area contributed by atoms with Crippen molar-refractivity contribution in [2.24, 2.45) is 5.92 Å². The Morgan fingerprint density at radius 3 is 2.17 bits per heavy atom. The first-order chi connectivity index (χ1) is 8.21. The Hall–Kier alpha value is -0.315. The van der Waals surface area contributed by atoms with E-state index in [2.05, 4.69) is 53.7 Å². The van der Waals surface area contributed by atoms with Crippen molar-refractivity contribution < 1.29 is 9.31 Å². The molecule has 0 radical (unpaired) electrons. The molecule has 0 N–H and O–H groups in total. The zero-order valence-electron chi connectivity index (χ0n) is 12.2. The summed E-state index contributed by atoms with van der Waals surface area (Å²) in [4.78, 5) is 1.41. The van der Waals surface area contributed by atoms with Crippen LogP contribution in [0.3, 0.4) is 0 Å². The highest BCUT2D eigenvalue weighted by Gasteiger charge is 2.52. The minimum Gasteiger partial charge on any atom is -0.399 e. The van der Waals surface area contributed by atoms with Crippen LogP contribution in [0.2, 0.25) is 0 Å². The number of thiophene rings is 1. The second-order valence-corrected chi connectivity index (χ2v) is 7.69. The second-order valence-electron chi connectivity index (χ2n) is 6.49. The van der Waals surface area contributed by atoms with E-state index < -0.39 is 0 Å². The van der Waals surface area contributed by atoms with Crippen molar-refractivity contribution in [3.05, 3.63) is 17.0 Å². The van der Waals surface area contributed by atoms with Crippen LogP contribution in [-0.2, 0) is 15.7 Å². The fourth-order valence-electron chi connectivity index (χ4n) is 1.99. The van der Waals surface area contributed by atoms with Crippen molar-refractivity contribution in [2.75, 3.05) is 0 Å². The first-order valence-electron chi connectivity index (χ1n) is 6.65. The van der Waals surface area contributed by atoms with Gasteiger partial charge in [0, 0.05) is 9.65 Å². The summed E-state index contributed by atoms with van der Waals surface area (Å²) in [5.74, 6) is 0.690. The summed E-state index contributed by atoms with van der Waals surface area (Å²) in [5.41, 5.74) is -0.500. The van der Waals surface area contributed by atoms with E-state index in [9.17, 15) is 0 Å².